The second-order valence-corrected chi connectivity index (χ2v) is 4.88. The first-order valence-electron chi connectivity index (χ1n) is 5.03. The Morgan fingerprint density at radius 2 is 2.00 bits per heavy atom. The zero-order valence-electron chi connectivity index (χ0n) is 7.85. The van der Waals surface area contributed by atoms with Crippen molar-refractivity contribution >= 4 is 22.2 Å². The van der Waals surface area contributed by atoms with Crippen LogP contribution in [0.15, 0.2) is 0 Å². The molecule has 1 aliphatic heterocycles. The first-order valence-corrected chi connectivity index (χ1v) is 5.84. The number of thiophene rings is 1. The van der Waals surface area contributed by atoms with Crippen LogP contribution in [0.2, 0.25) is 0 Å². The van der Waals surface area contributed by atoms with Gasteiger partial charge in [-0.25, -0.2) is 0 Å². The fourth-order valence-electron chi connectivity index (χ4n) is 2.22. The molecule has 0 saturated heterocycles. The zero-order chi connectivity index (χ0) is 9.54. The maximum Gasteiger partial charge on any atom is 0.255 e. The van der Waals surface area contributed by atoms with Gasteiger partial charge in [0.1, 0.15) is 5.00 Å². The fourth-order valence-corrected chi connectivity index (χ4v) is 3.51. The Labute approximate surface area is 86.5 Å². The molecule has 2 N–H and O–H groups in total. The summed E-state index contributed by atoms with van der Waals surface area (Å²) in [5.41, 5.74) is 2.23. The maximum atomic E-state index is 11.7. The lowest BCUT2D eigenvalue weighted by Gasteiger charge is -2.16. The number of fused-ring (bicyclic) bond motifs is 3. The predicted octanol–water partition coefficient (Wildman–Crippen LogP) is 1.74. The molecule has 3 rings (SSSR count). The molecule has 0 spiro atoms. The summed E-state index contributed by atoms with van der Waals surface area (Å²) < 4.78 is 0. The molecule has 0 atom stereocenters. The Morgan fingerprint density at radius 3 is 2.93 bits per heavy atom. The molecular formula is C10H12N2OS. The van der Waals surface area contributed by atoms with Gasteiger partial charge >= 0.3 is 0 Å². The third kappa shape index (κ3) is 1.07. The van der Waals surface area contributed by atoms with Gasteiger partial charge in [0, 0.05) is 4.88 Å². The SMILES string of the molecule is O=C1NCNc2sc3c(c21)CCCC3. The number of nitrogens with one attached hydrogen (secondary N) is 2. The lowest BCUT2D eigenvalue weighted by Crippen LogP contribution is -2.34. The van der Waals surface area contributed by atoms with Crippen LogP contribution in [0.3, 0.4) is 0 Å². The first-order chi connectivity index (χ1) is 6.86. The summed E-state index contributed by atoms with van der Waals surface area (Å²) >= 11 is 1.77. The highest BCUT2D eigenvalue weighted by Crippen LogP contribution is 2.38. The van der Waals surface area contributed by atoms with Gasteiger partial charge in [0.2, 0.25) is 0 Å². The molecule has 0 radical (unpaired) electrons. The minimum Gasteiger partial charge on any atom is -0.359 e. The summed E-state index contributed by atoms with van der Waals surface area (Å²) in [5, 5.41) is 7.15. The van der Waals surface area contributed by atoms with Gasteiger partial charge in [-0.1, -0.05) is 0 Å². The minimum absolute atomic E-state index is 0.109. The standard InChI is InChI=1S/C10H12N2OS/c13-9-8-6-3-1-2-4-7(6)14-10(8)12-5-11-9/h12H,1-5H2,(H,11,13). The number of carbonyl (C=O) groups excluding carboxylic acids is 1. The molecule has 74 valence electrons. The molecule has 0 bridgehead atoms. The highest BCUT2D eigenvalue weighted by molar-refractivity contribution is 7.16. The largest absolute Gasteiger partial charge is 0.359 e. The van der Waals surface area contributed by atoms with Crippen LogP contribution in [-0.2, 0) is 12.8 Å². The van der Waals surface area contributed by atoms with Crippen LogP contribution in [-0.4, -0.2) is 12.6 Å². The number of rotatable bonds is 0. The molecule has 1 aliphatic carbocycles. The van der Waals surface area contributed by atoms with Crippen molar-refractivity contribution in [3.63, 3.8) is 0 Å². The number of anilines is 1. The molecule has 3 nitrogen and oxygen atoms in total. The van der Waals surface area contributed by atoms with Gasteiger partial charge in [0.25, 0.3) is 5.91 Å². The quantitative estimate of drug-likeness (QED) is 0.682. The molecule has 4 heteroatoms. The van der Waals surface area contributed by atoms with Crippen molar-refractivity contribution in [1.29, 1.82) is 0 Å². The van der Waals surface area contributed by atoms with Gasteiger partial charge in [0.15, 0.2) is 0 Å². The van der Waals surface area contributed by atoms with Gasteiger partial charge in [-0.2, -0.15) is 0 Å². The molecule has 1 aromatic rings. The number of hydrogen-bond acceptors (Lipinski definition) is 3. The van der Waals surface area contributed by atoms with E-state index in [1.54, 1.807) is 11.3 Å². The molecule has 0 aromatic carbocycles. The van der Waals surface area contributed by atoms with E-state index in [-0.39, 0.29) is 5.91 Å². The van der Waals surface area contributed by atoms with Crippen molar-refractivity contribution < 1.29 is 4.79 Å². The molecule has 14 heavy (non-hydrogen) atoms. The second-order valence-electron chi connectivity index (χ2n) is 3.77. The summed E-state index contributed by atoms with van der Waals surface area (Å²) in [7, 11) is 0. The van der Waals surface area contributed by atoms with Crippen LogP contribution >= 0.6 is 11.3 Å². The lowest BCUT2D eigenvalue weighted by atomic mass is 9.95. The molecular weight excluding hydrogens is 196 g/mol. The molecule has 2 heterocycles. The Morgan fingerprint density at radius 1 is 1.14 bits per heavy atom. The van der Waals surface area contributed by atoms with Crippen LogP contribution < -0.4 is 10.6 Å². The Kier molecular flexibility index (Phi) is 1.77. The van der Waals surface area contributed by atoms with Crippen LogP contribution in [0.4, 0.5) is 5.00 Å². The molecule has 1 aromatic heterocycles. The van der Waals surface area contributed by atoms with E-state index in [1.165, 1.54) is 23.3 Å². The third-order valence-electron chi connectivity index (χ3n) is 2.90. The van der Waals surface area contributed by atoms with Crippen molar-refractivity contribution in [2.24, 2.45) is 0 Å². The minimum atomic E-state index is 0.109. The molecule has 2 aliphatic rings. The van der Waals surface area contributed by atoms with E-state index in [0.29, 0.717) is 6.67 Å². The van der Waals surface area contributed by atoms with Crippen LogP contribution in [0.25, 0.3) is 0 Å². The number of aryl methyl sites for hydroxylation is 1. The van der Waals surface area contributed by atoms with Gasteiger partial charge in [-0.3, -0.25) is 4.79 Å². The molecule has 1 amide bonds. The molecule has 0 saturated carbocycles. The van der Waals surface area contributed by atoms with Crippen LogP contribution in [0.1, 0.15) is 33.6 Å². The number of hydrogen-bond donors (Lipinski definition) is 2. The number of carbonyl (C=O) groups is 1. The van der Waals surface area contributed by atoms with Crippen molar-refractivity contribution in [3.05, 3.63) is 16.0 Å². The lowest BCUT2D eigenvalue weighted by molar-refractivity contribution is 0.0952. The van der Waals surface area contributed by atoms with Gasteiger partial charge in [0.05, 0.1) is 12.2 Å². The fraction of sp³-hybridized carbons (Fsp3) is 0.500. The topological polar surface area (TPSA) is 41.1 Å². The monoisotopic (exact) mass is 208 g/mol. The Balaban J connectivity index is 2.16. The average molecular weight is 208 g/mol. The number of amides is 1. The molecule has 0 fully saturated rings. The van der Waals surface area contributed by atoms with E-state index >= 15 is 0 Å². The van der Waals surface area contributed by atoms with E-state index in [9.17, 15) is 4.79 Å². The van der Waals surface area contributed by atoms with Gasteiger partial charge in [-0.05, 0) is 31.2 Å². The van der Waals surface area contributed by atoms with Gasteiger partial charge < -0.3 is 10.6 Å². The highest BCUT2D eigenvalue weighted by atomic mass is 32.1. The Hall–Kier alpha value is -1.03. The van der Waals surface area contributed by atoms with Crippen molar-refractivity contribution in [1.82, 2.24) is 5.32 Å². The predicted molar refractivity (Wildman–Crippen MR) is 56.9 cm³/mol. The summed E-state index contributed by atoms with van der Waals surface area (Å²) in [6.45, 7) is 0.575. The van der Waals surface area contributed by atoms with Crippen molar-refractivity contribution in [3.8, 4) is 0 Å². The Bertz CT molecular complexity index is 397. The van der Waals surface area contributed by atoms with Crippen molar-refractivity contribution in [2.75, 3.05) is 12.0 Å². The zero-order valence-corrected chi connectivity index (χ0v) is 8.67. The van der Waals surface area contributed by atoms with E-state index in [4.69, 9.17) is 0 Å². The van der Waals surface area contributed by atoms with Crippen LogP contribution in [0, 0.1) is 0 Å². The van der Waals surface area contributed by atoms with Crippen molar-refractivity contribution in [2.45, 2.75) is 25.7 Å². The van der Waals surface area contributed by atoms with Crippen LogP contribution in [0.5, 0.6) is 0 Å². The third-order valence-corrected chi connectivity index (χ3v) is 4.15. The summed E-state index contributed by atoms with van der Waals surface area (Å²) in [5.74, 6) is 0.109. The smallest absolute Gasteiger partial charge is 0.255 e. The molecule has 0 unspecified atom stereocenters. The normalized spacial score (nSPS) is 19.3. The average Bonchev–Trinajstić information content (AvgIpc) is 2.57. The second kappa shape index (κ2) is 2.98. The summed E-state index contributed by atoms with van der Waals surface area (Å²) in [6.07, 6.45) is 4.73. The van der Waals surface area contributed by atoms with Gasteiger partial charge in [-0.15, -0.1) is 11.3 Å². The van der Waals surface area contributed by atoms with E-state index in [1.807, 2.05) is 0 Å². The maximum absolute atomic E-state index is 11.7. The van der Waals surface area contributed by atoms with E-state index < -0.39 is 0 Å². The first kappa shape index (κ1) is 8.29. The highest BCUT2D eigenvalue weighted by Gasteiger charge is 2.27. The van der Waals surface area contributed by atoms with E-state index in [2.05, 4.69) is 10.6 Å². The van der Waals surface area contributed by atoms with E-state index in [0.717, 1.165) is 23.4 Å². The summed E-state index contributed by atoms with van der Waals surface area (Å²) in [6, 6.07) is 0. The summed E-state index contributed by atoms with van der Waals surface area (Å²) in [4.78, 5) is 13.1.